The lowest BCUT2D eigenvalue weighted by Crippen LogP contribution is -2.26. The van der Waals surface area contributed by atoms with E-state index in [1.807, 2.05) is 13.8 Å². The SMILES string of the molecule is CC1=COC(C(=O)O)C(C)=C1C. The summed E-state index contributed by atoms with van der Waals surface area (Å²) in [5, 5.41) is 8.72. The molecule has 0 aromatic rings. The van der Waals surface area contributed by atoms with E-state index in [1.54, 1.807) is 6.92 Å². The Labute approximate surface area is 71.3 Å². The van der Waals surface area contributed by atoms with Gasteiger partial charge in [-0.1, -0.05) is 0 Å². The van der Waals surface area contributed by atoms with Crippen molar-refractivity contribution in [3.05, 3.63) is 23.0 Å². The summed E-state index contributed by atoms with van der Waals surface area (Å²) < 4.78 is 5.01. The summed E-state index contributed by atoms with van der Waals surface area (Å²) in [6.07, 6.45) is 0.704. The molecule has 1 atom stereocenters. The molecular formula is C9H12O3. The van der Waals surface area contributed by atoms with Crippen molar-refractivity contribution in [1.82, 2.24) is 0 Å². The fourth-order valence-electron chi connectivity index (χ4n) is 1.11. The van der Waals surface area contributed by atoms with E-state index in [1.165, 1.54) is 6.26 Å². The van der Waals surface area contributed by atoms with Crippen LogP contribution in [0.2, 0.25) is 0 Å². The van der Waals surface area contributed by atoms with Gasteiger partial charge in [-0.25, -0.2) is 4.79 Å². The lowest BCUT2D eigenvalue weighted by molar-refractivity contribution is -0.145. The van der Waals surface area contributed by atoms with Crippen LogP contribution in [0, 0.1) is 0 Å². The van der Waals surface area contributed by atoms with Gasteiger partial charge in [0.25, 0.3) is 0 Å². The standard InChI is InChI=1S/C9H12O3/c1-5-4-12-8(9(10)11)7(3)6(5)2/h4,8H,1-3H3,(H,10,11). The average Bonchev–Trinajstić information content (AvgIpc) is 2.00. The Morgan fingerprint density at radius 3 is 2.58 bits per heavy atom. The minimum Gasteiger partial charge on any atom is -0.482 e. The molecule has 0 aromatic heterocycles. The van der Waals surface area contributed by atoms with Crippen molar-refractivity contribution < 1.29 is 14.6 Å². The van der Waals surface area contributed by atoms with Crippen molar-refractivity contribution in [2.45, 2.75) is 26.9 Å². The van der Waals surface area contributed by atoms with Crippen LogP contribution in [0.5, 0.6) is 0 Å². The molecule has 0 bridgehead atoms. The van der Waals surface area contributed by atoms with E-state index in [4.69, 9.17) is 9.84 Å². The second kappa shape index (κ2) is 3.01. The molecule has 1 N–H and O–H groups in total. The molecule has 1 heterocycles. The first-order valence-corrected chi connectivity index (χ1v) is 3.77. The zero-order chi connectivity index (χ0) is 9.30. The molecule has 3 nitrogen and oxygen atoms in total. The van der Waals surface area contributed by atoms with Gasteiger partial charge in [0.15, 0.2) is 0 Å². The topological polar surface area (TPSA) is 46.5 Å². The number of carbonyl (C=O) groups is 1. The Hall–Kier alpha value is -1.25. The van der Waals surface area contributed by atoms with Crippen molar-refractivity contribution in [2.75, 3.05) is 0 Å². The quantitative estimate of drug-likeness (QED) is 0.648. The van der Waals surface area contributed by atoms with E-state index < -0.39 is 12.1 Å². The summed E-state index contributed by atoms with van der Waals surface area (Å²) in [5.41, 5.74) is 2.78. The summed E-state index contributed by atoms with van der Waals surface area (Å²) in [6.45, 7) is 5.58. The van der Waals surface area contributed by atoms with Gasteiger partial charge in [0.05, 0.1) is 6.26 Å². The number of hydrogen-bond donors (Lipinski definition) is 1. The fraction of sp³-hybridized carbons (Fsp3) is 0.444. The highest BCUT2D eigenvalue weighted by atomic mass is 16.5. The predicted molar refractivity (Wildman–Crippen MR) is 44.6 cm³/mol. The van der Waals surface area contributed by atoms with Crippen LogP contribution in [0.1, 0.15) is 20.8 Å². The molecule has 0 saturated heterocycles. The van der Waals surface area contributed by atoms with E-state index in [2.05, 4.69) is 0 Å². The first-order chi connectivity index (χ1) is 5.54. The van der Waals surface area contributed by atoms with Gasteiger partial charge >= 0.3 is 5.97 Å². The number of hydrogen-bond acceptors (Lipinski definition) is 2. The lowest BCUT2D eigenvalue weighted by atomic mass is 9.99. The van der Waals surface area contributed by atoms with E-state index in [0.29, 0.717) is 0 Å². The van der Waals surface area contributed by atoms with E-state index in [9.17, 15) is 4.79 Å². The summed E-state index contributed by atoms with van der Waals surface area (Å²) >= 11 is 0. The lowest BCUT2D eigenvalue weighted by Gasteiger charge is -2.21. The highest BCUT2D eigenvalue weighted by Gasteiger charge is 2.24. The number of allylic oxidation sites excluding steroid dienone is 2. The van der Waals surface area contributed by atoms with Crippen LogP contribution in [-0.2, 0) is 9.53 Å². The number of carboxylic acid groups (broad SMARTS) is 1. The van der Waals surface area contributed by atoms with Gasteiger partial charge in [-0.3, -0.25) is 0 Å². The van der Waals surface area contributed by atoms with E-state index in [-0.39, 0.29) is 0 Å². The largest absolute Gasteiger partial charge is 0.482 e. The van der Waals surface area contributed by atoms with Gasteiger partial charge in [-0.15, -0.1) is 0 Å². The molecule has 12 heavy (non-hydrogen) atoms. The maximum atomic E-state index is 10.6. The smallest absolute Gasteiger partial charge is 0.349 e. The first-order valence-electron chi connectivity index (χ1n) is 3.77. The van der Waals surface area contributed by atoms with Crippen molar-refractivity contribution in [3.63, 3.8) is 0 Å². The molecule has 0 aromatic carbocycles. The van der Waals surface area contributed by atoms with Gasteiger partial charge in [0, 0.05) is 0 Å². The molecule has 3 heteroatoms. The first kappa shape index (κ1) is 8.84. The summed E-state index contributed by atoms with van der Waals surface area (Å²) in [7, 11) is 0. The maximum Gasteiger partial charge on any atom is 0.349 e. The van der Waals surface area contributed by atoms with Crippen LogP contribution in [-0.4, -0.2) is 17.2 Å². The molecule has 1 rings (SSSR count). The van der Waals surface area contributed by atoms with Gasteiger partial charge < -0.3 is 9.84 Å². The van der Waals surface area contributed by atoms with Gasteiger partial charge in [-0.05, 0) is 37.5 Å². The highest BCUT2D eigenvalue weighted by molar-refractivity contribution is 5.77. The maximum absolute atomic E-state index is 10.6. The van der Waals surface area contributed by atoms with Crippen LogP contribution in [0.25, 0.3) is 0 Å². The van der Waals surface area contributed by atoms with E-state index >= 15 is 0 Å². The van der Waals surface area contributed by atoms with Crippen LogP contribution >= 0.6 is 0 Å². The third-order valence-electron chi connectivity index (χ3n) is 2.18. The Balaban J connectivity index is 2.98. The van der Waals surface area contributed by atoms with Crippen LogP contribution in [0.4, 0.5) is 0 Å². The van der Waals surface area contributed by atoms with Crippen molar-refractivity contribution in [3.8, 4) is 0 Å². The Morgan fingerprint density at radius 1 is 1.50 bits per heavy atom. The van der Waals surface area contributed by atoms with Crippen molar-refractivity contribution >= 4 is 5.97 Å². The minimum atomic E-state index is -0.935. The van der Waals surface area contributed by atoms with E-state index in [0.717, 1.165) is 16.7 Å². The third-order valence-corrected chi connectivity index (χ3v) is 2.18. The fourth-order valence-corrected chi connectivity index (χ4v) is 1.11. The molecule has 0 aliphatic carbocycles. The highest BCUT2D eigenvalue weighted by Crippen LogP contribution is 2.23. The minimum absolute atomic E-state index is 0.780. The zero-order valence-electron chi connectivity index (χ0n) is 7.42. The second-order valence-electron chi connectivity index (χ2n) is 2.96. The van der Waals surface area contributed by atoms with Crippen molar-refractivity contribution in [2.24, 2.45) is 0 Å². The molecule has 0 spiro atoms. The second-order valence-corrected chi connectivity index (χ2v) is 2.96. The number of carboxylic acids is 1. The van der Waals surface area contributed by atoms with Gasteiger partial charge in [0.2, 0.25) is 6.10 Å². The summed E-state index contributed by atoms with van der Waals surface area (Å²) in [6, 6.07) is 0. The summed E-state index contributed by atoms with van der Waals surface area (Å²) in [5.74, 6) is -0.935. The molecule has 1 aliphatic heterocycles. The number of ether oxygens (including phenoxy) is 1. The van der Waals surface area contributed by atoms with Crippen LogP contribution in [0.3, 0.4) is 0 Å². The average molecular weight is 168 g/mol. The molecule has 1 unspecified atom stereocenters. The third kappa shape index (κ3) is 1.35. The zero-order valence-corrected chi connectivity index (χ0v) is 7.42. The Morgan fingerprint density at radius 2 is 2.08 bits per heavy atom. The summed E-state index contributed by atoms with van der Waals surface area (Å²) in [4.78, 5) is 10.6. The van der Waals surface area contributed by atoms with Gasteiger partial charge in [0.1, 0.15) is 0 Å². The monoisotopic (exact) mass is 168 g/mol. The molecule has 0 radical (unpaired) electrons. The molecular weight excluding hydrogens is 156 g/mol. The van der Waals surface area contributed by atoms with Crippen molar-refractivity contribution in [1.29, 1.82) is 0 Å². The molecule has 0 saturated carbocycles. The normalized spacial score (nSPS) is 23.2. The molecule has 1 aliphatic rings. The number of aliphatic carboxylic acids is 1. The van der Waals surface area contributed by atoms with Crippen LogP contribution < -0.4 is 0 Å². The molecule has 66 valence electrons. The van der Waals surface area contributed by atoms with Gasteiger partial charge in [-0.2, -0.15) is 0 Å². The Bertz CT molecular complexity index is 273. The number of rotatable bonds is 1. The van der Waals surface area contributed by atoms with Crippen LogP contribution in [0.15, 0.2) is 23.0 Å². The Kier molecular flexibility index (Phi) is 2.22. The molecule has 0 amide bonds. The predicted octanol–water partition coefficient (Wildman–Crippen LogP) is 1.71. The molecule has 0 fully saturated rings.